The van der Waals surface area contributed by atoms with E-state index < -0.39 is 10.9 Å². The molecule has 0 saturated carbocycles. The molecular formula is C21H12Cl2N2O5. The number of nitrogens with zero attached hydrogens (tertiary/aromatic N) is 2. The molecule has 7 nitrogen and oxygen atoms in total. The monoisotopic (exact) mass is 442 g/mol. The normalized spacial score (nSPS) is 14.7. The van der Waals surface area contributed by atoms with Crippen LogP contribution >= 0.6 is 23.2 Å². The highest BCUT2D eigenvalue weighted by Gasteiger charge is 2.27. The third-order valence-corrected chi connectivity index (χ3v) is 5.00. The van der Waals surface area contributed by atoms with Gasteiger partial charge >= 0.3 is 5.97 Å². The minimum absolute atomic E-state index is 0.0000229. The van der Waals surface area contributed by atoms with E-state index in [-0.39, 0.29) is 17.3 Å². The van der Waals surface area contributed by atoms with Gasteiger partial charge in [-0.3, -0.25) is 10.1 Å². The lowest BCUT2D eigenvalue weighted by molar-refractivity contribution is -0.385. The summed E-state index contributed by atoms with van der Waals surface area (Å²) in [6.07, 6.45) is 1.43. The number of furan rings is 1. The van der Waals surface area contributed by atoms with Gasteiger partial charge in [0.1, 0.15) is 11.5 Å². The molecule has 2 aromatic carbocycles. The number of carbonyl (C=O) groups is 1. The summed E-state index contributed by atoms with van der Waals surface area (Å²) in [5.74, 6) is 0.177. The number of cyclic esters (lactones) is 1. The highest BCUT2D eigenvalue weighted by atomic mass is 35.5. The number of rotatable bonds is 4. The number of nitro groups is 1. The molecule has 150 valence electrons. The van der Waals surface area contributed by atoms with E-state index in [9.17, 15) is 14.9 Å². The molecule has 9 heteroatoms. The zero-order valence-electron chi connectivity index (χ0n) is 15.4. The van der Waals surface area contributed by atoms with Crippen LogP contribution in [0.15, 0.2) is 63.6 Å². The predicted octanol–water partition coefficient (Wildman–Crippen LogP) is 5.81. The fourth-order valence-corrected chi connectivity index (χ4v) is 3.48. The molecule has 30 heavy (non-hydrogen) atoms. The molecule has 3 aromatic rings. The average molecular weight is 443 g/mol. The average Bonchev–Trinajstić information content (AvgIpc) is 3.29. The molecule has 1 aliphatic rings. The van der Waals surface area contributed by atoms with Gasteiger partial charge in [-0.2, -0.15) is 0 Å². The van der Waals surface area contributed by atoms with Crippen LogP contribution < -0.4 is 0 Å². The SMILES string of the molecule is Cc1c(C2=N/C(=C\c3ccc(-c4ccc(Cl)cc4Cl)o3)C(=O)O2)cccc1[N+](=O)[O-]. The number of benzene rings is 2. The quantitative estimate of drug-likeness (QED) is 0.219. The molecule has 0 atom stereocenters. The summed E-state index contributed by atoms with van der Waals surface area (Å²) in [6, 6.07) is 12.9. The number of esters is 1. The molecule has 0 unspecified atom stereocenters. The maximum Gasteiger partial charge on any atom is 0.363 e. The summed E-state index contributed by atoms with van der Waals surface area (Å²) in [5, 5.41) is 12.1. The van der Waals surface area contributed by atoms with E-state index >= 15 is 0 Å². The maximum atomic E-state index is 12.2. The van der Waals surface area contributed by atoms with E-state index in [4.69, 9.17) is 32.4 Å². The van der Waals surface area contributed by atoms with Gasteiger partial charge in [0.15, 0.2) is 5.70 Å². The van der Waals surface area contributed by atoms with Gasteiger partial charge in [-0.1, -0.05) is 29.3 Å². The lowest BCUT2D eigenvalue weighted by Crippen LogP contribution is -2.08. The Bertz CT molecular complexity index is 1260. The summed E-state index contributed by atoms with van der Waals surface area (Å²) in [7, 11) is 0. The Labute approximate surface area is 180 Å². The summed E-state index contributed by atoms with van der Waals surface area (Å²) < 4.78 is 11.0. The first-order valence-corrected chi connectivity index (χ1v) is 9.41. The maximum absolute atomic E-state index is 12.2. The number of carbonyl (C=O) groups excluding carboxylic acids is 1. The van der Waals surface area contributed by atoms with E-state index in [2.05, 4.69) is 4.99 Å². The predicted molar refractivity (Wildman–Crippen MR) is 113 cm³/mol. The Morgan fingerprint density at radius 3 is 2.63 bits per heavy atom. The largest absolute Gasteiger partial charge is 0.457 e. The summed E-state index contributed by atoms with van der Waals surface area (Å²) >= 11 is 12.1. The molecule has 0 amide bonds. The van der Waals surface area contributed by atoms with Crippen LogP contribution in [0.1, 0.15) is 16.9 Å². The second-order valence-electron chi connectivity index (χ2n) is 6.37. The molecule has 0 fully saturated rings. The van der Waals surface area contributed by atoms with Crippen molar-refractivity contribution in [2.75, 3.05) is 0 Å². The van der Waals surface area contributed by atoms with Crippen LogP contribution in [0, 0.1) is 17.0 Å². The van der Waals surface area contributed by atoms with Crippen LogP contribution in [0.4, 0.5) is 5.69 Å². The third-order valence-electron chi connectivity index (χ3n) is 4.46. The number of aliphatic imine (C=N–C) groups is 1. The molecule has 4 rings (SSSR count). The topological polar surface area (TPSA) is 94.9 Å². The first-order chi connectivity index (χ1) is 14.3. The van der Waals surface area contributed by atoms with E-state index in [1.54, 1.807) is 43.3 Å². The fourth-order valence-electron chi connectivity index (χ4n) is 2.98. The molecule has 0 bridgehead atoms. The molecule has 1 aliphatic heterocycles. The Kier molecular flexibility index (Phi) is 5.15. The van der Waals surface area contributed by atoms with Crippen LogP contribution in [0.25, 0.3) is 17.4 Å². The van der Waals surface area contributed by atoms with Crippen molar-refractivity contribution in [3.63, 3.8) is 0 Å². The number of halogens is 2. The molecule has 0 spiro atoms. The molecule has 0 radical (unpaired) electrons. The number of nitro benzene ring substituents is 1. The second kappa shape index (κ2) is 7.78. The standard InChI is InChI=1S/C21H12Cl2N2O5/c1-11-14(3-2-4-18(11)25(27)28)20-24-17(21(26)30-20)10-13-6-8-19(29-13)15-7-5-12(22)9-16(15)23/h2-10H,1H3/b17-10-. The second-order valence-corrected chi connectivity index (χ2v) is 7.21. The Balaban J connectivity index is 1.66. The van der Waals surface area contributed by atoms with Crippen molar-refractivity contribution in [1.82, 2.24) is 0 Å². The summed E-state index contributed by atoms with van der Waals surface area (Å²) in [4.78, 5) is 27.1. The van der Waals surface area contributed by atoms with Gasteiger partial charge in [0, 0.05) is 33.9 Å². The van der Waals surface area contributed by atoms with Gasteiger partial charge in [-0.05, 0) is 43.3 Å². The van der Waals surface area contributed by atoms with Gasteiger partial charge in [0.25, 0.3) is 5.69 Å². The minimum atomic E-state index is -0.682. The first kappa shape index (κ1) is 19.9. The van der Waals surface area contributed by atoms with E-state index in [1.165, 1.54) is 18.2 Å². The van der Waals surface area contributed by atoms with Gasteiger partial charge in [0.2, 0.25) is 5.90 Å². The highest BCUT2D eigenvalue weighted by Crippen LogP contribution is 2.32. The van der Waals surface area contributed by atoms with Crippen LogP contribution in [0.3, 0.4) is 0 Å². The molecule has 0 N–H and O–H groups in total. The van der Waals surface area contributed by atoms with Crippen molar-refractivity contribution in [1.29, 1.82) is 0 Å². The minimum Gasteiger partial charge on any atom is -0.457 e. The van der Waals surface area contributed by atoms with Crippen LogP contribution in [-0.4, -0.2) is 16.8 Å². The number of hydrogen-bond acceptors (Lipinski definition) is 6. The lowest BCUT2D eigenvalue weighted by atomic mass is 10.1. The van der Waals surface area contributed by atoms with Crippen molar-refractivity contribution >= 4 is 46.8 Å². The van der Waals surface area contributed by atoms with E-state index in [0.717, 1.165) is 0 Å². The van der Waals surface area contributed by atoms with Gasteiger partial charge < -0.3 is 9.15 Å². The first-order valence-electron chi connectivity index (χ1n) is 8.65. The molecule has 0 saturated heterocycles. The molecule has 1 aromatic heterocycles. The lowest BCUT2D eigenvalue weighted by Gasteiger charge is -2.04. The fraction of sp³-hybridized carbons (Fsp3) is 0.0476. The summed E-state index contributed by atoms with van der Waals surface area (Å²) in [6.45, 7) is 1.57. The third kappa shape index (κ3) is 3.72. The van der Waals surface area contributed by atoms with Crippen molar-refractivity contribution in [3.05, 3.63) is 91.3 Å². The molecule has 2 heterocycles. The Hall–Kier alpha value is -3.42. The smallest absolute Gasteiger partial charge is 0.363 e. The van der Waals surface area contributed by atoms with Crippen molar-refractivity contribution in [2.24, 2.45) is 4.99 Å². The van der Waals surface area contributed by atoms with Crippen LogP contribution in [-0.2, 0) is 9.53 Å². The molecule has 0 aliphatic carbocycles. The van der Waals surface area contributed by atoms with Crippen LogP contribution in [0.2, 0.25) is 10.0 Å². The Morgan fingerprint density at radius 2 is 1.90 bits per heavy atom. The number of hydrogen-bond donors (Lipinski definition) is 0. The zero-order chi connectivity index (χ0) is 21.4. The van der Waals surface area contributed by atoms with Crippen molar-refractivity contribution in [2.45, 2.75) is 6.92 Å². The van der Waals surface area contributed by atoms with Gasteiger partial charge in [-0.15, -0.1) is 0 Å². The van der Waals surface area contributed by atoms with Gasteiger partial charge in [0.05, 0.1) is 9.95 Å². The number of ether oxygens (including phenoxy) is 1. The van der Waals surface area contributed by atoms with E-state index in [0.29, 0.717) is 38.3 Å². The summed E-state index contributed by atoms with van der Waals surface area (Å²) in [5.41, 5.74) is 1.30. The van der Waals surface area contributed by atoms with E-state index in [1.807, 2.05) is 0 Å². The van der Waals surface area contributed by atoms with Crippen molar-refractivity contribution < 1.29 is 18.9 Å². The zero-order valence-corrected chi connectivity index (χ0v) is 16.9. The molecular weight excluding hydrogens is 431 g/mol. The van der Waals surface area contributed by atoms with Crippen molar-refractivity contribution in [3.8, 4) is 11.3 Å². The Morgan fingerprint density at radius 1 is 1.10 bits per heavy atom. The van der Waals surface area contributed by atoms with Gasteiger partial charge in [-0.25, -0.2) is 9.79 Å². The van der Waals surface area contributed by atoms with Crippen LogP contribution in [0.5, 0.6) is 0 Å². The highest BCUT2D eigenvalue weighted by molar-refractivity contribution is 6.36.